The molecule has 156 valence electrons. The smallest absolute Gasteiger partial charge is 0.207 e. The predicted molar refractivity (Wildman–Crippen MR) is 123 cm³/mol. The number of rotatable bonds is 4. The molecular formula is C21H22ClN5OS2. The second kappa shape index (κ2) is 9.13. The van der Waals surface area contributed by atoms with Gasteiger partial charge < -0.3 is 9.30 Å². The van der Waals surface area contributed by atoms with E-state index in [2.05, 4.69) is 36.9 Å². The summed E-state index contributed by atoms with van der Waals surface area (Å²) in [5.74, 6) is 0.800. The average Bonchev–Trinajstić information content (AvgIpc) is 3.27. The Kier molecular flexibility index (Phi) is 6.76. The number of aromatic nitrogens is 2. The van der Waals surface area contributed by atoms with Crippen LogP contribution in [0.5, 0.6) is 5.75 Å². The van der Waals surface area contributed by atoms with Crippen LogP contribution in [0.2, 0.25) is 5.02 Å². The van der Waals surface area contributed by atoms with Gasteiger partial charge in [-0.15, -0.1) is 22.7 Å². The lowest BCUT2D eigenvalue weighted by atomic mass is 9.95. The number of thiazole rings is 2. The maximum absolute atomic E-state index is 9.27. The Balaban J connectivity index is 2.18. The van der Waals surface area contributed by atoms with Gasteiger partial charge in [-0.3, -0.25) is 0 Å². The molecule has 0 aliphatic carbocycles. The predicted octanol–water partition coefficient (Wildman–Crippen LogP) is 5.15. The molecule has 0 amide bonds. The minimum atomic E-state index is -0.0432. The molecule has 0 bridgehead atoms. The molecule has 0 N–H and O–H groups in total. The van der Waals surface area contributed by atoms with Gasteiger partial charge in [0.15, 0.2) is 10.6 Å². The molecule has 2 aromatic heterocycles. The standard InChI is InChI=1S/C21H22ClN5OS2/c1-13-25-15(11-29-13)9-27-10-18(21(2,3)4)30-20(27)26-19(24-12-23)16-8-14(22)6-7-17(16)28-5/h6-8,10-11H,9H2,1-5H3. The molecule has 3 rings (SSSR count). The van der Waals surface area contributed by atoms with E-state index in [9.17, 15) is 5.26 Å². The highest BCUT2D eigenvalue weighted by Gasteiger charge is 2.19. The van der Waals surface area contributed by atoms with Crippen LogP contribution in [0.4, 0.5) is 0 Å². The zero-order valence-corrected chi connectivity index (χ0v) is 19.8. The second-order valence-corrected chi connectivity index (χ2v) is 10.1. The van der Waals surface area contributed by atoms with Gasteiger partial charge in [-0.1, -0.05) is 32.4 Å². The van der Waals surface area contributed by atoms with Crippen LogP contribution in [0, 0.1) is 18.4 Å². The van der Waals surface area contributed by atoms with E-state index in [1.807, 2.05) is 23.1 Å². The van der Waals surface area contributed by atoms with Gasteiger partial charge in [0, 0.05) is 21.5 Å². The van der Waals surface area contributed by atoms with E-state index >= 15 is 0 Å². The summed E-state index contributed by atoms with van der Waals surface area (Å²) in [6.45, 7) is 9.04. The van der Waals surface area contributed by atoms with Crippen molar-refractivity contribution in [2.75, 3.05) is 7.11 Å². The lowest BCUT2D eigenvalue weighted by Gasteiger charge is -2.14. The fraction of sp³-hybridized carbons (Fsp3) is 0.333. The molecule has 30 heavy (non-hydrogen) atoms. The van der Waals surface area contributed by atoms with Crippen LogP contribution in [-0.2, 0) is 12.0 Å². The normalized spacial score (nSPS) is 12.8. The van der Waals surface area contributed by atoms with Crippen molar-refractivity contribution in [3.05, 3.63) is 60.7 Å². The minimum Gasteiger partial charge on any atom is -0.496 e. The Morgan fingerprint density at radius 3 is 2.73 bits per heavy atom. The van der Waals surface area contributed by atoms with E-state index in [4.69, 9.17) is 21.3 Å². The van der Waals surface area contributed by atoms with E-state index in [0.717, 1.165) is 15.5 Å². The van der Waals surface area contributed by atoms with Crippen molar-refractivity contribution >= 4 is 40.1 Å². The molecular weight excluding hydrogens is 438 g/mol. The molecule has 0 saturated carbocycles. The topological polar surface area (TPSA) is 75.6 Å². The van der Waals surface area contributed by atoms with E-state index in [0.29, 0.717) is 22.9 Å². The number of hydrogen-bond acceptors (Lipinski definition) is 6. The summed E-state index contributed by atoms with van der Waals surface area (Å²) in [5.41, 5.74) is 1.49. The first-order valence-electron chi connectivity index (χ1n) is 9.18. The number of hydrogen-bond donors (Lipinski definition) is 0. The van der Waals surface area contributed by atoms with E-state index in [1.165, 1.54) is 4.88 Å². The van der Waals surface area contributed by atoms with Crippen LogP contribution in [-0.4, -0.2) is 22.5 Å². The van der Waals surface area contributed by atoms with Gasteiger partial charge in [0.2, 0.25) is 6.19 Å². The second-order valence-electron chi connectivity index (χ2n) is 7.61. The van der Waals surface area contributed by atoms with Gasteiger partial charge in [0.05, 0.1) is 29.9 Å². The summed E-state index contributed by atoms with van der Waals surface area (Å²) in [6, 6.07) is 5.16. The zero-order chi connectivity index (χ0) is 21.9. The van der Waals surface area contributed by atoms with Crippen molar-refractivity contribution in [2.24, 2.45) is 9.98 Å². The third kappa shape index (κ3) is 5.17. The molecule has 0 radical (unpaired) electrons. The summed E-state index contributed by atoms with van der Waals surface area (Å²) in [6.07, 6.45) is 3.94. The van der Waals surface area contributed by atoms with Crippen LogP contribution in [0.3, 0.4) is 0 Å². The number of benzene rings is 1. The molecule has 0 aliphatic heterocycles. The lowest BCUT2D eigenvalue weighted by Crippen LogP contribution is -2.18. The van der Waals surface area contributed by atoms with Crippen molar-refractivity contribution in [3.63, 3.8) is 0 Å². The highest BCUT2D eigenvalue weighted by Crippen LogP contribution is 2.26. The summed E-state index contributed by atoms with van der Waals surface area (Å²) < 4.78 is 7.48. The largest absolute Gasteiger partial charge is 0.496 e. The van der Waals surface area contributed by atoms with Crippen molar-refractivity contribution in [2.45, 2.75) is 39.7 Å². The molecule has 0 unspecified atom stereocenters. The van der Waals surface area contributed by atoms with E-state index in [-0.39, 0.29) is 11.3 Å². The molecule has 0 fully saturated rings. The van der Waals surface area contributed by atoms with Gasteiger partial charge in [-0.05, 0) is 30.5 Å². The van der Waals surface area contributed by atoms with Gasteiger partial charge in [0.25, 0.3) is 0 Å². The fourth-order valence-corrected chi connectivity index (χ4v) is 4.55. The Labute approximate surface area is 188 Å². The SMILES string of the molecule is COc1ccc(Cl)cc1C(=NC#N)N=c1sc(C(C)(C)C)cn1Cc1csc(C)n1. The minimum absolute atomic E-state index is 0.0432. The maximum atomic E-state index is 9.27. The van der Waals surface area contributed by atoms with Crippen molar-refractivity contribution in [1.82, 2.24) is 9.55 Å². The average molecular weight is 460 g/mol. The summed E-state index contributed by atoms with van der Waals surface area (Å²) in [7, 11) is 1.56. The van der Waals surface area contributed by atoms with Crippen LogP contribution in [0.25, 0.3) is 0 Å². The van der Waals surface area contributed by atoms with Crippen LogP contribution < -0.4 is 9.54 Å². The van der Waals surface area contributed by atoms with Gasteiger partial charge >= 0.3 is 0 Å². The number of ether oxygens (including phenoxy) is 1. The van der Waals surface area contributed by atoms with Gasteiger partial charge in [-0.2, -0.15) is 15.2 Å². The Bertz CT molecular complexity index is 1190. The number of amidine groups is 1. The molecule has 0 atom stereocenters. The molecule has 0 spiro atoms. The van der Waals surface area contributed by atoms with Gasteiger partial charge in [0.1, 0.15) is 5.75 Å². The number of nitrogens with zero attached hydrogens (tertiary/aromatic N) is 5. The van der Waals surface area contributed by atoms with Crippen molar-refractivity contribution in [3.8, 4) is 11.9 Å². The molecule has 0 aliphatic rings. The number of methoxy groups -OCH3 is 1. The summed E-state index contributed by atoms with van der Waals surface area (Å²) in [5, 5.41) is 12.8. The third-order valence-corrected chi connectivity index (χ3v) is 6.72. The van der Waals surface area contributed by atoms with E-state index in [1.54, 1.807) is 48.0 Å². The highest BCUT2D eigenvalue weighted by molar-refractivity contribution is 7.09. The molecule has 6 nitrogen and oxygen atoms in total. The molecule has 9 heteroatoms. The summed E-state index contributed by atoms with van der Waals surface area (Å²) >= 11 is 9.37. The Morgan fingerprint density at radius 1 is 1.37 bits per heavy atom. The van der Waals surface area contributed by atoms with Crippen LogP contribution in [0.15, 0.2) is 39.8 Å². The van der Waals surface area contributed by atoms with Crippen molar-refractivity contribution in [1.29, 1.82) is 5.26 Å². The first-order chi connectivity index (χ1) is 14.2. The number of aliphatic imine (C=N–C) groups is 1. The molecule has 2 heterocycles. The quantitative estimate of drug-likeness (QED) is 0.307. The maximum Gasteiger partial charge on any atom is 0.207 e. The van der Waals surface area contributed by atoms with Crippen LogP contribution in [0.1, 0.15) is 41.9 Å². The first kappa shape index (κ1) is 22.2. The lowest BCUT2D eigenvalue weighted by molar-refractivity contribution is 0.414. The van der Waals surface area contributed by atoms with Crippen LogP contribution >= 0.6 is 34.3 Å². The van der Waals surface area contributed by atoms with E-state index < -0.39 is 0 Å². The number of nitriles is 1. The molecule has 1 aromatic carbocycles. The van der Waals surface area contributed by atoms with Crippen molar-refractivity contribution < 1.29 is 4.74 Å². The highest BCUT2D eigenvalue weighted by atomic mass is 35.5. The zero-order valence-electron chi connectivity index (χ0n) is 17.4. The number of halogens is 1. The van der Waals surface area contributed by atoms with Gasteiger partial charge in [-0.25, -0.2) is 4.98 Å². The molecule has 0 saturated heterocycles. The summed E-state index contributed by atoms with van der Waals surface area (Å²) in [4.78, 5) is 15.2. The fourth-order valence-electron chi connectivity index (χ4n) is 2.72. The Hall–Kier alpha value is -2.47. The third-order valence-electron chi connectivity index (χ3n) is 4.22. The number of aryl methyl sites for hydroxylation is 1. The molecule has 3 aromatic rings. The first-order valence-corrected chi connectivity index (χ1v) is 11.3. The monoisotopic (exact) mass is 459 g/mol. The Morgan fingerprint density at radius 2 is 2.13 bits per heavy atom.